The first-order chi connectivity index (χ1) is 7.92. The lowest BCUT2D eigenvalue weighted by molar-refractivity contribution is 0.637. The molecule has 0 unspecified atom stereocenters. The third-order valence-corrected chi connectivity index (χ3v) is 4.47. The van der Waals surface area contributed by atoms with Gasteiger partial charge in [0, 0.05) is 11.9 Å². The van der Waals surface area contributed by atoms with Crippen molar-refractivity contribution < 1.29 is 0 Å². The summed E-state index contributed by atoms with van der Waals surface area (Å²) >= 11 is 3.50. The van der Waals surface area contributed by atoms with Gasteiger partial charge in [-0.15, -0.1) is 22.7 Å². The Morgan fingerprint density at radius 1 is 1.38 bits per heavy atom. The Morgan fingerprint density at radius 3 is 3.06 bits per heavy atom. The molecule has 1 fully saturated rings. The molecule has 0 bridgehead atoms. The molecule has 84 valence electrons. The summed E-state index contributed by atoms with van der Waals surface area (Å²) in [6.45, 7) is 2.08. The van der Waals surface area contributed by atoms with Gasteiger partial charge in [0.25, 0.3) is 0 Å². The van der Waals surface area contributed by atoms with Crippen LogP contribution in [0, 0.1) is 5.92 Å². The highest BCUT2D eigenvalue weighted by atomic mass is 32.1. The van der Waals surface area contributed by atoms with Crippen molar-refractivity contribution in [3.8, 4) is 10.6 Å². The van der Waals surface area contributed by atoms with E-state index in [2.05, 4.69) is 33.2 Å². The number of hydrogen-bond acceptors (Lipinski definition) is 4. The van der Waals surface area contributed by atoms with Crippen molar-refractivity contribution in [1.29, 1.82) is 0 Å². The Balaban J connectivity index is 1.59. The van der Waals surface area contributed by atoms with Gasteiger partial charge in [0.05, 0.1) is 10.6 Å². The first kappa shape index (κ1) is 10.4. The zero-order valence-corrected chi connectivity index (χ0v) is 10.6. The van der Waals surface area contributed by atoms with E-state index in [0.717, 1.165) is 24.7 Å². The van der Waals surface area contributed by atoms with Crippen LogP contribution in [0.5, 0.6) is 0 Å². The van der Waals surface area contributed by atoms with E-state index in [4.69, 9.17) is 0 Å². The lowest BCUT2D eigenvalue weighted by Gasteiger charge is -1.98. The molecule has 2 heterocycles. The maximum Gasteiger partial charge on any atom is 0.107 e. The second-order valence-electron chi connectivity index (χ2n) is 4.18. The predicted molar refractivity (Wildman–Crippen MR) is 69.9 cm³/mol. The molecule has 0 atom stereocenters. The summed E-state index contributed by atoms with van der Waals surface area (Å²) in [6, 6.07) is 4.20. The van der Waals surface area contributed by atoms with E-state index in [-0.39, 0.29) is 0 Å². The first-order valence-corrected chi connectivity index (χ1v) is 7.37. The third kappa shape index (κ3) is 2.51. The van der Waals surface area contributed by atoms with Gasteiger partial charge < -0.3 is 5.32 Å². The average Bonchev–Trinajstić information content (AvgIpc) is 2.83. The third-order valence-electron chi connectivity index (χ3n) is 2.73. The lowest BCUT2D eigenvalue weighted by atomic mass is 10.4. The zero-order chi connectivity index (χ0) is 10.8. The van der Waals surface area contributed by atoms with Gasteiger partial charge in [-0.1, -0.05) is 6.07 Å². The number of hydrogen-bond donors (Lipinski definition) is 1. The summed E-state index contributed by atoms with van der Waals surface area (Å²) < 4.78 is 0. The number of rotatable bonds is 5. The van der Waals surface area contributed by atoms with Crippen molar-refractivity contribution in [2.45, 2.75) is 19.4 Å². The largest absolute Gasteiger partial charge is 0.310 e. The van der Waals surface area contributed by atoms with E-state index in [1.54, 1.807) is 22.7 Å². The number of thiophene rings is 1. The second kappa shape index (κ2) is 4.65. The molecule has 4 heteroatoms. The standard InChI is InChI=1S/C12H14N2S2/c1-2-11(15-5-1)10-8-16-12(14-10)7-13-6-9-3-4-9/h1-2,5,8-9,13H,3-4,6-7H2. The van der Waals surface area contributed by atoms with Crippen LogP contribution in [-0.2, 0) is 6.54 Å². The van der Waals surface area contributed by atoms with Gasteiger partial charge in [0.2, 0.25) is 0 Å². The predicted octanol–water partition coefficient (Wildman–Crippen LogP) is 3.37. The van der Waals surface area contributed by atoms with E-state index in [9.17, 15) is 0 Å². The van der Waals surface area contributed by atoms with Crippen molar-refractivity contribution in [1.82, 2.24) is 10.3 Å². The minimum absolute atomic E-state index is 0.923. The molecule has 0 radical (unpaired) electrons. The van der Waals surface area contributed by atoms with Crippen LogP contribution in [0.15, 0.2) is 22.9 Å². The fourth-order valence-electron chi connectivity index (χ4n) is 1.63. The molecular formula is C12H14N2S2. The van der Waals surface area contributed by atoms with Crippen molar-refractivity contribution in [3.05, 3.63) is 27.9 Å². The van der Waals surface area contributed by atoms with Crippen LogP contribution >= 0.6 is 22.7 Å². The Labute approximate surface area is 103 Å². The van der Waals surface area contributed by atoms with Gasteiger partial charge in [0.1, 0.15) is 5.01 Å². The summed E-state index contributed by atoms with van der Waals surface area (Å²) in [5.41, 5.74) is 1.13. The van der Waals surface area contributed by atoms with Crippen molar-refractivity contribution in [2.24, 2.45) is 5.92 Å². The van der Waals surface area contributed by atoms with Crippen LogP contribution in [0.4, 0.5) is 0 Å². The normalized spacial score (nSPS) is 15.5. The number of nitrogens with one attached hydrogen (secondary N) is 1. The molecule has 1 saturated carbocycles. The minimum Gasteiger partial charge on any atom is -0.310 e. The quantitative estimate of drug-likeness (QED) is 0.880. The van der Waals surface area contributed by atoms with Gasteiger partial charge in [-0.2, -0.15) is 0 Å². The van der Waals surface area contributed by atoms with Crippen LogP contribution < -0.4 is 5.32 Å². The molecule has 0 amide bonds. The summed E-state index contributed by atoms with van der Waals surface area (Å²) in [4.78, 5) is 5.90. The first-order valence-electron chi connectivity index (χ1n) is 5.61. The molecule has 2 nitrogen and oxygen atoms in total. The highest BCUT2D eigenvalue weighted by molar-refractivity contribution is 7.14. The Kier molecular flexibility index (Phi) is 3.04. The lowest BCUT2D eigenvalue weighted by Crippen LogP contribution is -2.15. The summed E-state index contributed by atoms with van der Waals surface area (Å²) in [5.74, 6) is 0.941. The summed E-state index contributed by atoms with van der Waals surface area (Å²) in [7, 11) is 0. The molecule has 1 aliphatic carbocycles. The SMILES string of the molecule is c1csc(-c2csc(CNCC3CC3)n2)c1. The molecule has 1 N–H and O–H groups in total. The molecule has 2 aromatic heterocycles. The topological polar surface area (TPSA) is 24.9 Å². The smallest absolute Gasteiger partial charge is 0.107 e. The van der Waals surface area contributed by atoms with Gasteiger partial charge in [0.15, 0.2) is 0 Å². The molecule has 16 heavy (non-hydrogen) atoms. The van der Waals surface area contributed by atoms with E-state index in [1.807, 2.05) is 0 Å². The molecule has 1 aliphatic rings. The van der Waals surface area contributed by atoms with Crippen molar-refractivity contribution in [3.63, 3.8) is 0 Å². The monoisotopic (exact) mass is 250 g/mol. The maximum absolute atomic E-state index is 4.64. The van der Waals surface area contributed by atoms with Crippen LogP contribution in [-0.4, -0.2) is 11.5 Å². The fraction of sp³-hybridized carbons (Fsp3) is 0.417. The highest BCUT2D eigenvalue weighted by Crippen LogP contribution is 2.28. The Morgan fingerprint density at radius 2 is 2.31 bits per heavy atom. The molecule has 0 aliphatic heterocycles. The molecule has 2 aromatic rings. The zero-order valence-electron chi connectivity index (χ0n) is 8.98. The van der Waals surface area contributed by atoms with Crippen LogP contribution in [0.25, 0.3) is 10.6 Å². The molecule has 0 saturated heterocycles. The van der Waals surface area contributed by atoms with Gasteiger partial charge in [-0.05, 0) is 36.8 Å². The van der Waals surface area contributed by atoms with Gasteiger partial charge in [-0.3, -0.25) is 0 Å². The maximum atomic E-state index is 4.64. The highest BCUT2D eigenvalue weighted by Gasteiger charge is 2.20. The van der Waals surface area contributed by atoms with Crippen LogP contribution in [0.1, 0.15) is 17.8 Å². The van der Waals surface area contributed by atoms with E-state index in [0.29, 0.717) is 0 Å². The Hall–Kier alpha value is -0.710. The summed E-state index contributed by atoms with van der Waals surface area (Å²) in [6.07, 6.45) is 2.82. The fourth-order valence-corrected chi connectivity index (χ4v) is 3.16. The van der Waals surface area contributed by atoms with Crippen molar-refractivity contribution >= 4 is 22.7 Å². The number of nitrogens with zero attached hydrogens (tertiary/aromatic N) is 1. The average molecular weight is 250 g/mol. The van der Waals surface area contributed by atoms with E-state index >= 15 is 0 Å². The Bertz CT molecular complexity index is 443. The number of aromatic nitrogens is 1. The van der Waals surface area contributed by atoms with Gasteiger partial charge >= 0.3 is 0 Å². The van der Waals surface area contributed by atoms with E-state index in [1.165, 1.54) is 22.7 Å². The van der Waals surface area contributed by atoms with Gasteiger partial charge in [-0.25, -0.2) is 4.98 Å². The minimum atomic E-state index is 0.923. The second-order valence-corrected chi connectivity index (χ2v) is 6.07. The van der Waals surface area contributed by atoms with Crippen molar-refractivity contribution in [2.75, 3.05) is 6.54 Å². The van der Waals surface area contributed by atoms with Crippen LogP contribution in [0.2, 0.25) is 0 Å². The molecule has 0 spiro atoms. The molecule has 3 rings (SSSR count). The molecular weight excluding hydrogens is 236 g/mol. The summed E-state index contributed by atoms with van der Waals surface area (Å²) in [5, 5.41) is 8.92. The molecule has 0 aromatic carbocycles. The number of thiazole rings is 1. The van der Waals surface area contributed by atoms with Crippen LogP contribution in [0.3, 0.4) is 0 Å². The van der Waals surface area contributed by atoms with E-state index < -0.39 is 0 Å².